The minimum Gasteiger partial charge on any atom is -0.484 e. The number of carbonyl (C=O) groups excluding carboxylic acids is 2. The molecule has 2 aliphatic carbocycles. The van der Waals surface area contributed by atoms with E-state index in [1.54, 1.807) is 48.5 Å². The standard InChI is InChI=1S/C62H86Cl2N6O12S2/c1-45-39-47(63)41-56-54(45)43-58(69-26-7-4-8-27-69)60(56)82-51-15-19-53(20-16-51)84(75,76)68-25-33-80-37-34-77-30-9-12-49(71)11-5-3-6-21-66-62(72)67-24-32-79-36-35-78-31-10-38-83(73,74)52-17-13-50(14-18-52)81-61-57-42-48(64)40-46(2)55(57)44-59(61)70-28-22-65-23-29-70/h13-20,39-42,58-61,65,68H,3-12,21-38,43-44H2,1-2H3,(H2,66,67,72)/t58-,59-,60-,61-/m0/s1. The molecule has 4 N–H and O–H groups in total. The molecule has 0 spiro atoms. The van der Waals surface area contributed by atoms with Gasteiger partial charge in [0.1, 0.15) is 29.5 Å². The van der Waals surface area contributed by atoms with Gasteiger partial charge in [0.05, 0.1) is 67.3 Å². The molecule has 2 amide bonds. The molecule has 0 unspecified atom stereocenters. The molecule has 2 heterocycles. The first-order chi connectivity index (χ1) is 40.6. The van der Waals surface area contributed by atoms with Crippen molar-refractivity contribution in [1.82, 2.24) is 30.5 Å². The molecule has 2 aliphatic heterocycles. The van der Waals surface area contributed by atoms with E-state index in [9.17, 15) is 26.4 Å². The van der Waals surface area contributed by atoms with Crippen molar-refractivity contribution < 1.29 is 54.8 Å². The van der Waals surface area contributed by atoms with Crippen LogP contribution in [0.3, 0.4) is 0 Å². The fourth-order valence-electron chi connectivity index (χ4n) is 11.7. The number of aryl methyl sites for hydroxylation is 2. The Morgan fingerprint density at radius 2 is 1.06 bits per heavy atom. The number of nitrogens with zero attached hydrogens (tertiary/aromatic N) is 2. The van der Waals surface area contributed by atoms with Crippen LogP contribution in [0.5, 0.6) is 11.5 Å². The molecule has 4 aliphatic rings. The maximum absolute atomic E-state index is 13.1. The summed E-state index contributed by atoms with van der Waals surface area (Å²) in [6.07, 6.45) is 9.10. The monoisotopic (exact) mass is 1240 g/mol. The Morgan fingerprint density at radius 3 is 1.64 bits per heavy atom. The molecule has 0 aromatic heterocycles. The normalized spacial score (nSPS) is 19.2. The summed E-state index contributed by atoms with van der Waals surface area (Å²) in [4.78, 5) is 29.9. The number of amides is 2. The van der Waals surface area contributed by atoms with Gasteiger partial charge in [0.2, 0.25) is 10.0 Å². The van der Waals surface area contributed by atoms with Gasteiger partial charge in [-0.25, -0.2) is 26.4 Å². The molecule has 22 heteroatoms. The number of rotatable bonds is 35. The van der Waals surface area contributed by atoms with Crippen molar-refractivity contribution in [3.63, 3.8) is 0 Å². The first-order valence-electron chi connectivity index (χ1n) is 30.0. The lowest BCUT2D eigenvalue weighted by atomic mass is 10.0. The number of piperidine rings is 1. The molecule has 0 saturated carbocycles. The van der Waals surface area contributed by atoms with Crippen molar-refractivity contribution >= 4 is 54.9 Å². The highest BCUT2D eigenvalue weighted by Gasteiger charge is 2.41. The Hall–Kier alpha value is -4.42. The van der Waals surface area contributed by atoms with E-state index in [4.69, 9.17) is 51.6 Å². The summed E-state index contributed by atoms with van der Waals surface area (Å²) in [5.74, 6) is 1.34. The summed E-state index contributed by atoms with van der Waals surface area (Å²) < 4.78 is 90.6. The van der Waals surface area contributed by atoms with Gasteiger partial charge >= 0.3 is 6.03 Å². The predicted molar refractivity (Wildman–Crippen MR) is 326 cm³/mol. The summed E-state index contributed by atoms with van der Waals surface area (Å²) in [6, 6.07) is 21.3. The van der Waals surface area contributed by atoms with E-state index >= 15 is 0 Å². The van der Waals surface area contributed by atoms with Crippen molar-refractivity contribution in [1.29, 1.82) is 0 Å². The number of fused-ring (bicyclic) bond motifs is 2. The van der Waals surface area contributed by atoms with E-state index in [1.165, 1.54) is 36.0 Å². The van der Waals surface area contributed by atoms with Crippen LogP contribution in [-0.2, 0) is 56.4 Å². The lowest BCUT2D eigenvalue weighted by Crippen LogP contribution is -2.50. The number of nitrogens with one attached hydrogen (secondary N) is 4. The van der Waals surface area contributed by atoms with Crippen LogP contribution in [-0.4, -0.2) is 168 Å². The highest BCUT2D eigenvalue weighted by atomic mass is 35.5. The fraction of sp³-hybridized carbons (Fsp3) is 0.581. The molecule has 2 fully saturated rings. The average Bonchev–Trinajstić information content (AvgIpc) is 3.65. The quantitative estimate of drug-likeness (QED) is 0.0318. The third-order valence-corrected chi connectivity index (χ3v) is 19.8. The van der Waals surface area contributed by atoms with Crippen LogP contribution < -0.4 is 30.1 Å². The number of urea groups is 1. The Bertz CT molecular complexity index is 2770. The molecule has 4 aromatic carbocycles. The fourth-order valence-corrected chi connectivity index (χ4v) is 14.5. The molecule has 0 radical (unpaired) electrons. The Morgan fingerprint density at radius 1 is 0.560 bits per heavy atom. The van der Waals surface area contributed by atoms with E-state index in [1.807, 2.05) is 24.3 Å². The number of halogens is 2. The zero-order chi connectivity index (χ0) is 59.3. The minimum atomic E-state index is -3.76. The molecular formula is C62H86Cl2N6O12S2. The molecular weight excluding hydrogens is 1160 g/mol. The van der Waals surface area contributed by atoms with Gasteiger partial charge in [-0.3, -0.25) is 14.6 Å². The second-order valence-corrected chi connectivity index (χ2v) is 26.9. The molecule has 0 bridgehead atoms. The van der Waals surface area contributed by atoms with Crippen molar-refractivity contribution in [3.05, 3.63) is 116 Å². The number of ketones is 1. The average molecular weight is 1240 g/mol. The van der Waals surface area contributed by atoms with Gasteiger partial charge in [-0.2, -0.15) is 0 Å². The summed E-state index contributed by atoms with van der Waals surface area (Å²) >= 11 is 13.0. The van der Waals surface area contributed by atoms with Crippen LogP contribution in [0.15, 0.2) is 82.6 Å². The number of hydrogen-bond donors (Lipinski definition) is 4. The summed E-state index contributed by atoms with van der Waals surface area (Å²) in [6.45, 7) is 13.3. The van der Waals surface area contributed by atoms with E-state index < -0.39 is 19.9 Å². The first-order valence-corrected chi connectivity index (χ1v) is 33.9. The van der Waals surface area contributed by atoms with Gasteiger partial charge in [0.25, 0.3) is 0 Å². The van der Waals surface area contributed by atoms with E-state index in [2.05, 4.69) is 44.3 Å². The predicted octanol–water partition coefficient (Wildman–Crippen LogP) is 8.51. The topological polar surface area (TPSA) is 212 Å². The van der Waals surface area contributed by atoms with Gasteiger partial charge in [-0.05, 0) is 184 Å². The smallest absolute Gasteiger partial charge is 0.314 e. The number of piperazine rings is 1. The largest absolute Gasteiger partial charge is 0.484 e. The Labute approximate surface area is 507 Å². The van der Waals surface area contributed by atoms with Gasteiger partial charge in [-0.15, -0.1) is 0 Å². The number of sulfonamides is 1. The third kappa shape index (κ3) is 19.5. The van der Waals surface area contributed by atoms with Crippen LogP contribution >= 0.6 is 23.2 Å². The zero-order valence-corrected chi connectivity index (χ0v) is 52.0. The molecule has 8 rings (SSSR count). The number of unbranched alkanes of at least 4 members (excludes halogenated alkanes) is 2. The number of Topliss-reactive ketones (excluding diaryl/α,β-unsaturated/α-hetero) is 1. The van der Waals surface area contributed by atoms with Crippen LogP contribution in [0.2, 0.25) is 10.0 Å². The van der Waals surface area contributed by atoms with Crippen molar-refractivity contribution in [2.45, 2.75) is 125 Å². The molecule has 84 heavy (non-hydrogen) atoms. The lowest BCUT2D eigenvalue weighted by molar-refractivity contribution is -0.119. The van der Waals surface area contributed by atoms with Crippen LogP contribution in [0, 0.1) is 13.8 Å². The molecule has 18 nitrogen and oxygen atoms in total. The van der Waals surface area contributed by atoms with E-state index in [0.717, 1.165) is 88.1 Å². The highest BCUT2D eigenvalue weighted by molar-refractivity contribution is 7.91. The number of likely N-dealkylation sites (tertiary alicyclic amines) is 1. The van der Waals surface area contributed by atoms with Crippen molar-refractivity contribution in [3.8, 4) is 11.5 Å². The van der Waals surface area contributed by atoms with Gasteiger partial charge in [0.15, 0.2) is 9.84 Å². The van der Waals surface area contributed by atoms with E-state index in [0.29, 0.717) is 100.0 Å². The summed E-state index contributed by atoms with van der Waals surface area (Å²) in [5, 5.41) is 10.4. The van der Waals surface area contributed by atoms with Crippen LogP contribution in [0.1, 0.15) is 110 Å². The van der Waals surface area contributed by atoms with Gasteiger partial charge in [0, 0.05) is 81.9 Å². The Balaban J connectivity index is 0.576. The SMILES string of the molecule is Cc1cc(Cl)cc2c1C[C@H](N1CCCCC1)[C@H]2Oc1ccc(S(=O)(=O)NCCOCCOCCCC(=O)CCCCCNC(=O)NCCOCCOCCCS(=O)(=O)c2ccc(O[C@H]3c4cc(Cl)cc(C)c4C[C@@H]3N3CCNCC3)cc2)cc1. The van der Waals surface area contributed by atoms with Gasteiger partial charge in [-0.1, -0.05) is 36.0 Å². The number of hydrogen-bond acceptors (Lipinski definition) is 15. The van der Waals surface area contributed by atoms with Crippen molar-refractivity contribution in [2.24, 2.45) is 0 Å². The lowest BCUT2D eigenvalue weighted by Gasteiger charge is -2.36. The number of ether oxygens (including phenoxy) is 6. The molecule has 462 valence electrons. The zero-order valence-electron chi connectivity index (χ0n) is 48.8. The van der Waals surface area contributed by atoms with Gasteiger partial charge < -0.3 is 44.4 Å². The second kappa shape index (κ2) is 33.1. The maximum Gasteiger partial charge on any atom is 0.314 e. The first kappa shape index (κ1) is 65.6. The molecule has 4 atom stereocenters. The number of sulfone groups is 1. The maximum atomic E-state index is 13.1. The third-order valence-electron chi connectivity index (χ3n) is 16.1. The molecule has 2 saturated heterocycles. The number of carbonyl (C=O) groups is 2. The Kier molecular flexibility index (Phi) is 25.8. The van der Waals surface area contributed by atoms with Crippen LogP contribution in [0.4, 0.5) is 4.79 Å². The van der Waals surface area contributed by atoms with Crippen LogP contribution in [0.25, 0.3) is 0 Å². The van der Waals surface area contributed by atoms with Crippen molar-refractivity contribution in [2.75, 3.05) is 118 Å². The number of benzene rings is 4. The second-order valence-electron chi connectivity index (χ2n) is 22.2. The summed E-state index contributed by atoms with van der Waals surface area (Å²) in [5.41, 5.74) is 7.08. The minimum absolute atomic E-state index is 0.0513. The van der Waals surface area contributed by atoms with E-state index in [-0.39, 0.29) is 71.4 Å². The highest BCUT2D eigenvalue weighted by Crippen LogP contribution is 2.43. The summed E-state index contributed by atoms with van der Waals surface area (Å²) in [7, 11) is -7.28. The molecule has 4 aromatic rings.